The highest BCUT2D eigenvalue weighted by atomic mass is 16.5. The fourth-order valence-corrected chi connectivity index (χ4v) is 2.92. The summed E-state index contributed by atoms with van der Waals surface area (Å²) in [5, 5.41) is 10.0. The highest BCUT2D eigenvalue weighted by molar-refractivity contribution is 5.94. The largest absolute Gasteiger partial charge is 0.487 e. The molecule has 0 saturated carbocycles. The van der Waals surface area contributed by atoms with Crippen molar-refractivity contribution in [1.82, 2.24) is 9.88 Å². The Kier molecular flexibility index (Phi) is 5.34. The third-order valence-corrected chi connectivity index (χ3v) is 4.67. The maximum absolute atomic E-state index is 12.7. The van der Waals surface area contributed by atoms with E-state index in [1.165, 1.54) is 0 Å². The molecule has 1 aromatic heterocycles. The number of hydrogen-bond donors (Lipinski definition) is 1. The van der Waals surface area contributed by atoms with Gasteiger partial charge in [0, 0.05) is 24.3 Å². The monoisotopic (exact) mass is 340 g/mol. The summed E-state index contributed by atoms with van der Waals surface area (Å²) in [7, 11) is 0. The molecule has 2 heterocycles. The molecule has 1 N–H and O–H groups in total. The van der Waals surface area contributed by atoms with Gasteiger partial charge in [-0.3, -0.25) is 9.78 Å². The molecule has 5 heteroatoms. The molecule has 0 spiro atoms. The van der Waals surface area contributed by atoms with Gasteiger partial charge in [-0.25, -0.2) is 0 Å². The smallest absolute Gasteiger partial charge is 0.253 e. The minimum absolute atomic E-state index is 0.0372. The zero-order valence-electron chi connectivity index (χ0n) is 14.7. The van der Waals surface area contributed by atoms with Gasteiger partial charge < -0.3 is 14.7 Å². The van der Waals surface area contributed by atoms with Crippen molar-refractivity contribution < 1.29 is 14.6 Å². The van der Waals surface area contributed by atoms with Gasteiger partial charge >= 0.3 is 0 Å². The van der Waals surface area contributed by atoms with Crippen LogP contribution in [0.25, 0.3) is 0 Å². The Morgan fingerprint density at radius 1 is 1.36 bits per heavy atom. The van der Waals surface area contributed by atoms with Crippen molar-refractivity contribution in [3.8, 4) is 5.75 Å². The third kappa shape index (κ3) is 4.37. The molecule has 1 fully saturated rings. The Balaban J connectivity index is 1.64. The number of aliphatic hydroxyl groups is 1. The molecular formula is C20H24N2O3. The van der Waals surface area contributed by atoms with E-state index in [1.807, 2.05) is 50.2 Å². The number of rotatable bonds is 4. The van der Waals surface area contributed by atoms with Crippen molar-refractivity contribution in [2.24, 2.45) is 5.92 Å². The van der Waals surface area contributed by atoms with E-state index in [0.29, 0.717) is 31.0 Å². The lowest BCUT2D eigenvalue weighted by Crippen LogP contribution is -2.45. The minimum atomic E-state index is -0.446. The van der Waals surface area contributed by atoms with E-state index in [9.17, 15) is 9.90 Å². The zero-order chi connectivity index (χ0) is 17.8. The van der Waals surface area contributed by atoms with Crippen LogP contribution in [0.5, 0.6) is 5.75 Å². The number of carbonyl (C=O) groups is 1. The molecule has 0 radical (unpaired) electrons. The summed E-state index contributed by atoms with van der Waals surface area (Å²) in [5.74, 6) is 0.909. The maximum Gasteiger partial charge on any atom is 0.253 e. The second kappa shape index (κ2) is 7.66. The van der Waals surface area contributed by atoms with Gasteiger partial charge in [0.2, 0.25) is 0 Å². The first-order chi connectivity index (χ1) is 12.0. The van der Waals surface area contributed by atoms with Crippen molar-refractivity contribution in [3.63, 3.8) is 0 Å². The van der Waals surface area contributed by atoms with E-state index < -0.39 is 6.10 Å². The number of aromatic nitrogens is 1. The molecule has 1 saturated heterocycles. The van der Waals surface area contributed by atoms with Crippen LogP contribution in [0, 0.1) is 12.8 Å². The number of amides is 1. The number of benzene rings is 1. The number of β-amino-alcohol motifs (C(OH)–C–C–N with tert-alkyl or cyclic N) is 1. The van der Waals surface area contributed by atoms with Gasteiger partial charge in [0.25, 0.3) is 5.91 Å². The second-order valence-electron chi connectivity index (χ2n) is 6.71. The summed E-state index contributed by atoms with van der Waals surface area (Å²) in [6.07, 6.45) is 2.08. The summed E-state index contributed by atoms with van der Waals surface area (Å²) in [6, 6.07) is 11.2. The molecule has 1 aromatic carbocycles. The quantitative estimate of drug-likeness (QED) is 0.930. The van der Waals surface area contributed by atoms with Crippen LogP contribution >= 0.6 is 0 Å². The van der Waals surface area contributed by atoms with E-state index in [0.717, 1.165) is 17.7 Å². The Morgan fingerprint density at radius 2 is 2.20 bits per heavy atom. The molecule has 2 aromatic rings. The van der Waals surface area contributed by atoms with Crippen LogP contribution in [0.1, 0.15) is 35.0 Å². The Bertz CT molecular complexity index is 730. The van der Waals surface area contributed by atoms with Crippen molar-refractivity contribution in [1.29, 1.82) is 0 Å². The number of piperidine rings is 1. The van der Waals surface area contributed by atoms with E-state index in [2.05, 4.69) is 4.98 Å². The number of likely N-dealkylation sites (tertiary alicyclic amines) is 1. The van der Waals surface area contributed by atoms with Crippen molar-refractivity contribution in [2.75, 3.05) is 13.1 Å². The predicted molar refractivity (Wildman–Crippen MR) is 95.4 cm³/mol. The molecule has 25 heavy (non-hydrogen) atoms. The minimum Gasteiger partial charge on any atom is -0.487 e. The molecule has 132 valence electrons. The number of aryl methyl sites for hydroxylation is 1. The van der Waals surface area contributed by atoms with Crippen LogP contribution in [-0.2, 0) is 6.61 Å². The van der Waals surface area contributed by atoms with Crippen LogP contribution in [0.15, 0.2) is 42.6 Å². The highest BCUT2D eigenvalue weighted by Gasteiger charge is 2.27. The molecule has 2 unspecified atom stereocenters. The first kappa shape index (κ1) is 17.4. The number of aliphatic hydroxyl groups excluding tert-OH is 1. The van der Waals surface area contributed by atoms with Gasteiger partial charge in [-0.05, 0) is 49.1 Å². The van der Waals surface area contributed by atoms with Gasteiger partial charge in [-0.2, -0.15) is 0 Å². The normalized spacial score (nSPS) is 20.4. The Morgan fingerprint density at radius 3 is 2.92 bits per heavy atom. The van der Waals surface area contributed by atoms with E-state index in [4.69, 9.17) is 4.74 Å². The molecular weight excluding hydrogens is 316 g/mol. The number of hydrogen-bond acceptors (Lipinski definition) is 4. The molecule has 1 aliphatic heterocycles. The van der Waals surface area contributed by atoms with Crippen molar-refractivity contribution in [2.45, 2.75) is 33.0 Å². The van der Waals surface area contributed by atoms with E-state index in [1.54, 1.807) is 11.1 Å². The lowest BCUT2D eigenvalue weighted by atomic mass is 9.95. The van der Waals surface area contributed by atoms with Crippen molar-refractivity contribution >= 4 is 5.91 Å². The lowest BCUT2D eigenvalue weighted by molar-refractivity contribution is 0.0248. The lowest BCUT2D eigenvalue weighted by Gasteiger charge is -2.34. The molecule has 5 nitrogen and oxygen atoms in total. The topological polar surface area (TPSA) is 62.7 Å². The number of carbonyl (C=O) groups excluding carboxylic acids is 1. The number of nitrogens with zero attached hydrogens (tertiary/aromatic N) is 2. The summed E-state index contributed by atoms with van der Waals surface area (Å²) in [4.78, 5) is 18.6. The molecule has 1 aliphatic rings. The van der Waals surface area contributed by atoms with Gasteiger partial charge in [0.1, 0.15) is 12.4 Å². The third-order valence-electron chi connectivity index (χ3n) is 4.67. The van der Waals surface area contributed by atoms with Gasteiger partial charge in [0.05, 0.1) is 12.3 Å². The fourth-order valence-electron chi connectivity index (χ4n) is 2.92. The summed E-state index contributed by atoms with van der Waals surface area (Å²) in [5.41, 5.74) is 2.50. The Labute approximate surface area is 148 Å². The molecule has 2 atom stereocenters. The SMILES string of the molecule is Cc1ccc(OCc2cccc(C(=O)N3CCC(C)C(O)C3)c2)cn1. The second-order valence-corrected chi connectivity index (χ2v) is 6.71. The predicted octanol–water partition coefficient (Wildman–Crippen LogP) is 2.81. The average molecular weight is 340 g/mol. The van der Waals surface area contributed by atoms with E-state index in [-0.39, 0.29) is 11.8 Å². The molecule has 3 rings (SSSR count). The summed E-state index contributed by atoms with van der Waals surface area (Å²) in [6.45, 7) is 5.41. The van der Waals surface area contributed by atoms with Crippen LogP contribution < -0.4 is 4.74 Å². The number of ether oxygens (including phenoxy) is 1. The van der Waals surface area contributed by atoms with Crippen LogP contribution in [0.2, 0.25) is 0 Å². The molecule has 0 aliphatic carbocycles. The first-order valence-electron chi connectivity index (χ1n) is 8.64. The Hall–Kier alpha value is -2.40. The number of pyridine rings is 1. The highest BCUT2D eigenvalue weighted by Crippen LogP contribution is 2.20. The fraction of sp³-hybridized carbons (Fsp3) is 0.400. The van der Waals surface area contributed by atoms with Gasteiger partial charge in [0.15, 0.2) is 0 Å². The van der Waals surface area contributed by atoms with Gasteiger partial charge in [-0.15, -0.1) is 0 Å². The van der Waals surface area contributed by atoms with Crippen molar-refractivity contribution in [3.05, 3.63) is 59.4 Å². The zero-order valence-corrected chi connectivity index (χ0v) is 14.7. The molecule has 0 bridgehead atoms. The summed E-state index contributed by atoms with van der Waals surface area (Å²) >= 11 is 0. The maximum atomic E-state index is 12.7. The standard InChI is InChI=1S/C20H24N2O3/c1-14-8-9-22(12-19(14)23)20(24)17-5-3-4-16(10-17)13-25-18-7-6-15(2)21-11-18/h3-7,10-11,14,19,23H,8-9,12-13H2,1-2H3. The molecule has 1 amide bonds. The average Bonchev–Trinajstić information content (AvgIpc) is 2.63. The van der Waals surface area contributed by atoms with E-state index >= 15 is 0 Å². The van der Waals surface area contributed by atoms with Crippen LogP contribution in [0.3, 0.4) is 0 Å². The first-order valence-corrected chi connectivity index (χ1v) is 8.64. The van der Waals surface area contributed by atoms with Crippen LogP contribution in [-0.4, -0.2) is 40.1 Å². The van der Waals surface area contributed by atoms with Crippen LogP contribution in [0.4, 0.5) is 0 Å². The van der Waals surface area contributed by atoms with Gasteiger partial charge in [-0.1, -0.05) is 19.1 Å². The summed E-state index contributed by atoms with van der Waals surface area (Å²) < 4.78 is 5.73.